The number of nitrogens with two attached hydrogens (primary N) is 1. The largest absolute Gasteiger partial charge is 0.463 e. The highest BCUT2D eigenvalue weighted by Crippen LogP contribution is 2.10. The van der Waals surface area contributed by atoms with E-state index in [4.69, 9.17) is 10.5 Å². The Labute approximate surface area is 82.4 Å². The van der Waals surface area contributed by atoms with Crippen molar-refractivity contribution in [1.82, 2.24) is 4.98 Å². The lowest BCUT2D eigenvalue weighted by atomic mass is 10.2. The summed E-state index contributed by atoms with van der Waals surface area (Å²) in [4.78, 5) is 14.8. The molecule has 0 saturated carbocycles. The van der Waals surface area contributed by atoms with E-state index in [0.717, 1.165) is 5.56 Å². The minimum absolute atomic E-state index is 0.370. The van der Waals surface area contributed by atoms with Crippen molar-refractivity contribution in [2.75, 3.05) is 12.3 Å². The molecule has 0 spiro atoms. The fourth-order valence-corrected chi connectivity index (χ4v) is 0.917. The number of esters is 1. The molecular weight excluding hydrogens is 180 g/mol. The van der Waals surface area contributed by atoms with Gasteiger partial charge in [-0.25, -0.2) is 4.79 Å². The van der Waals surface area contributed by atoms with Gasteiger partial charge in [-0.1, -0.05) is 0 Å². The van der Waals surface area contributed by atoms with E-state index in [9.17, 15) is 4.79 Å². The molecule has 74 valence electrons. The molecular formula is C10H12N2O2. The van der Waals surface area contributed by atoms with Gasteiger partial charge >= 0.3 is 5.97 Å². The number of ether oxygens (including phenoxy) is 1. The van der Waals surface area contributed by atoms with E-state index in [1.807, 2.05) is 0 Å². The zero-order chi connectivity index (χ0) is 10.4. The normalized spacial score (nSPS) is 10.4. The van der Waals surface area contributed by atoms with Gasteiger partial charge in [0.15, 0.2) is 0 Å². The molecule has 4 nitrogen and oxygen atoms in total. The number of hydrogen-bond acceptors (Lipinski definition) is 4. The van der Waals surface area contributed by atoms with E-state index in [1.54, 1.807) is 25.3 Å². The fraction of sp³-hybridized carbons (Fsp3) is 0.200. The van der Waals surface area contributed by atoms with Crippen molar-refractivity contribution >= 4 is 17.7 Å². The molecule has 2 N–H and O–H groups in total. The summed E-state index contributed by atoms with van der Waals surface area (Å²) in [5.74, 6) is -0.372. The molecule has 1 rings (SSSR count). The van der Waals surface area contributed by atoms with Crippen molar-refractivity contribution < 1.29 is 9.53 Å². The van der Waals surface area contributed by atoms with Crippen molar-refractivity contribution in [3.63, 3.8) is 0 Å². The number of hydrogen-bond donors (Lipinski definition) is 1. The van der Waals surface area contributed by atoms with Crippen LogP contribution >= 0.6 is 0 Å². The Morgan fingerprint density at radius 2 is 2.50 bits per heavy atom. The molecule has 1 aromatic heterocycles. The molecule has 0 unspecified atom stereocenters. The molecule has 0 aliphatic heterocycles. The molecule has 0 aliphatic carbocycles. The van der Waals surface area contributed by atoms with Gasteiger partial charge in [0.1, 0.15) is 0 Å². The first-order valence-electron chi connectivity index (χ1n) is 4.28. The monoisotopic (exact) mass is 192 g/mol. The van der Waals surface area contributed by atoms with Gasteiger partial charge in [0.05, 0.1) is 18.5 Å². The third-order valence-electron chi connectivity index (χ3n) is 1.57. The predicted molar refractivity (Wildman–Crippen MR) is 54.3 cm³/mol. The molecule has 4 heteroatoms. The van der Waals surface area contributed by atoms with E-state index in [-0.39, 0.29) is 5.97 Å². The number of carbonyl (C=O) groups excluding carboxylic acids is 1. The molecule has 0 atom stereocenters. The van der Waals surface area contributed by atoms with Crippen LogP contribution in [0, 0.1) is 0 Å². The van der Waals surface area contributed by atoms with Crippen molar-refractivity contribution in [1.29, 1.82) is 0 Å². The molecule has 0 aliphatic rings. The molecule has 1 heterocycles. The zero-order valence-corrected chi connectivity index (χ0v) is 7.93. The highest BCUT2D eigenvalue weighted by Gasteiger charge is 1.96. The summed E-state index contributed by atoms with van der Waals surface area (Å²) in [7, 11) is 0. The third-order valence-corrected chi connectivity index (χ3v) is 1.57. The Balaban J connectivity index is 2.69. The topological polar surface area (TPSA) is 65.2 Å². The number of carbonyl (C=O) groups is 1. The van der Waals surface area contributed by atoms with Crippen LogP contribution in [0.2, 0.25) is 0 Å². The van der Waals surface area contributed by atoms with Gasteiger partial charge in [0, 0.05) is 17.8 Å². The Hall–Kier alpha value is -1.84. The van der Waals surface area contributed by atoms with Crippen molar-refractivity contribution in [2.45, 2.75) is 6.92 Å². The SMILES string of the molecule is CCOC(=O)C=Cc1ccncc1N. The van der Waals surface area contributed by atoms with Gasteiger partial charge in [-0.3, -0.25) is 4.98 Å². The van der Waals surface area contributed by atoms with Crippen LogP contribution in [-0.4, -0.2) is 17.6 Å². The Morgan fingerprint density at radius 1 is 1.71 bits per heavy atom. The minimum atomic E-state index is -0.372. The van der Waals surface area contributed by atoms with Crippen molar-refractivity contribution in [3.8, 4) is 0 Å². The first kappa shape index (κ1) is 10.2. The van der Waals surface area contributed by atoms with Gasteiger partial charge in [0.2, 0.25) is 0 Å². The molecule has 0 fully saturated rings. The lowest BCUT2D eigenvalue weighted by molar-refractivity contribution is -0.137. The van der Waals surface area contributed by atoms with E-state index in [2.05, 4.69) is 4.98 Å². The smallest absolute Gasteiger partial charge is 0.330 e. The summed E-state index contributed by atoms with van der Waals surface area (Å²) in [5, 5.41) is 0. The maximum absolute atomic E-state index is 11.0. The molecule has 0 bridgehead atoms. The van der Waals surface area contributed by atoms with Crippen LogP contribution in [0.25, 0.3) is 6.08 Å². The van der Waals surface area contributed by atoms with Gasteiger partial charge in [-0.2, -0.15) is 0 Å². The molecule has 0 saturated heterocycles. The average Bonchev–Trinajstić information content (AvgIpc) is 2.17. The summed E-state index contributed by atoms with van der Waals surface area (Å²) in [6.45, 7) is 2.13. The van der Waals surface area contributed by atoms with Crippen LogP contribution < -0.4 is 5.73 Å². The van der Waals surface area contributed by atoms with Crippen LogP contribution in [0.1, 0.15) is 12.5 Å². The van der Waals surface area contributed by atoms with Crippen LogP contribution in [-0.2, 0) is 9.53 Å². The van der Waals surface area contributed by atoms with Crippen LogP contribution in [0.4, 0.5) is 5.69 Å². The van der Waals surface area contributed by atoms with Gasteiger partial charge in [-0.15, -0.1) is 0 Å². The van der Waals surface area contributed by atoms with Crippen molar-refractivity contribution in [2.24, 2.45) is 0 Å². The summed E-state index contributed by atoms with van der Waals surface area (Å²) in [6, 6.07) is 1.73. The number of nitrogens with zero attached hydrogens (tertiary/aromatic N) is 1. The maximum Gasteiger partial charge on any atom is 0.330 e. The molecule has 0 radical (unpaired) electrons. The lowest BCUT2D eigenvalue weighted by Crippen LogP contribution is -1.99. The number of nitrogen functional groups attached to an aromatic ring is 1. The standard InChI is InChI=1S/C10H12N2O2/c1-2-14-10(13)4-3-8-5-6-12-7-9(8)11/h3-7H,2,11H2,1H3. The fourth-order valence-electron chi connectivity index (χ4n) is 0.917. The van der Waals surface area contributed by atoms with Gasteiger partial charge in [0.25, 0.3) is 0 Å². The Kier molecular flexibility index (Phi) is 3.67. The third kappa shape index (κ3) is 2.90. The number of anilines is 1. The summed E-state index contributed by atoms with van der Waals surface area (Å²) in [6.07, 6.45) is 6.09. The second-order valence-corrected chi connectivity index (χ2v) is 2.59. The molecule has 0 amide bonds. The maximum atomic E-state index is 11.0. The number of rotatable bonds is 3. The first-order valence-corrected chi connectivity index (χ1v) is 4.28. The quantitative estimate of drug-likeness (QED) is 0.578. The molecule has 0 aromatic carbocycles. The highest BCUT2D eigenvalue weighted by atomic mass is 16.5. The van der Waals surface area contributed by atoms with E-state index >= 15 is 0 Å². The number of aromatic nitrogens is 1. The van der Waals surface area contributed by atoms with Crippen LogP contribution in [0.5, 0.6) is 0 Å². The highest BCUT2D eigenvalue weighted by molar-refractivity contribution is 5.88. The zero-order valence-electron chi connectivity index (χ0n) is 7.93. The second kappa shape index (κ2) is 5.01. The Morgan fingerprint density at radius 3 is 3.14 bits per heavy atom. The predicted octanol–water partition coefficient (Wildman–Crippen LogP) is 1.24. The summed E-state index contributed by atoms with van der Waals surface area (Å²) < 4.78 is 4.72. The second-order valence-electron chi connectivity index (χ2n) is 2.59. The van der Waals surface area contributed by atoms with E-state index < -0.39 is 0 Å². The van der Waals surface area contributed by atoms with Crippen LogP contribution in [0.3, 0.4) is 0 Å². The van der Waals surface area contributed by atoms with E-state index in [1.165, 1.54) is 12.3 Å². The molecule has 14 heavy (non-hydrogen) atoms. The lowest BCUT2D eigenvalue weighted by Gasteiger charge is -1.98. The molecule has 1 aromatic rings. The van der Waals surface area contributed by atoms with Crippen LogP contribution in [0.15, 0.2) is 24.5 Å². The average molecular weight is 192 g/mol. The summed E-state index contributed by atoms with van der Waals surface area (Å²) in [5.41, 5.74) is 6.91. The first-order chi connectivity index (χ1) is 6.74. The van der Waals surface area contributed by atoms with Gasteiger partial charge in [-0.05, 0) is 19.1 Å². The summed E-state index contributed by atoms with van der Waals surface area (Å²) >= 11 is 0. The number of pyridine rings is 1. The minimum Gasteiger partial charge on any atom is -0.463 e. The van der Waals surface area contributed by atoms with E-state index in [0.29, 0.717) is 12.3 Å². The van der Waals surface area contributed by atoms with Gasteiger partial charge < -0.3 is 10.5 Å². The Bertz CT molecular complexity index is 348. The van der Waals surface area contributed by atoms with Crippen molar-refractivity contribution in [3.05, 3.63) is 30.1 Å².